The van der Waals surface area contributed by atoms with Crippen molar-refractivity contribution < 1.29 is 47.3 Å². The van der Waals surface area contributed by atoms with Crippen molar-refractivity contribution in [3.8, 4) is 5.75 Å². The molecule has 0 bridgehead atoms. The van der Waals surface area contributed by atoms with E-state index in [0.717, 1.165) is 0 Å². The third-order valence-corrected chi connectivity index (χ3v) is 1.81. The number of anilines is 1. The average molecular weight is 225 g/mol. The smallest absolute Gasteiger partial charge is 0.731 e. The molecule has 0 spiro atoms. The van der Waals surface area contributed by atoms with Gasteiger partial charge in [-0.05, 0) is 12.1 Å². The van der Waals surface area contributed by atoms with Crippen LogP contribution < -0.4 is 39.0 Å². The monoisotopic (exact) mass is 225 g/mol. The van der Waals surface area contributed by atoms with Crippen molar-refractivity contribution in [3.05, 3.63) is 24.3 Å². The Kier molecular flexibility index (Phi) is 5.46. The van der Waals surface area contributed by atoms with Gasteiger partial charge in [-0.3, -0.25) is 4.72 Å². The summed E-state index contributed by atoms with van der Waals surface area (Å²) in [5, 5.41) is 0. The number of benzene rings is 1. The number of nitrogens with one attached hydrogen (secondary N) is 1. The Morgan fingerprint density at radius 2 is 1.93 bits per heavy atom. The Morgan fingerprint density at radius 3 is 2.43 bits per heavy atom. The van der Waals surface area contributed by atoms with Crippen LogP contribution in [0.1, 0.15) is 0 Å². The summed E-state index contributed by atoms with van der Waals surface area (Å²) in [5.74, 6) is 0.307. The summed E-state index contributed by atoms with van der Waals surface area (Å²) in [5.41, 5.74) is 0.139. The van der Waals surface area contributed by atoms with E-state index in [1.807, 2.05) is 0 Å². The molecule has 7 heteroatoms. The SMILES string of the molecule is COc1ccccc1NS(=O)(=O)[O-].[Na+]. The van der Waals surface area contributed by atoms with Gasteiger partial charge in [-0.2, -0.15) is 0 Å². The van der Waals surface area contributed by atoms with Crippen LogP contribution in [-0.2, 0) is 10.3 Å². The van der Waals surface area contributed by atoms with Gasteiger partial charge in [0.1, 0.15) is 5.75 Å². The van der Waals surface area contributed by atoms with Gasteiger partial charge in [0, 0.05) is 0 Å². The molecule has 1 aromatic carbocycles. The molecule has 0 aliphatic carbocycles. The van der Waals surface area contributed by atoms with E-state index >= 15 is 0 Å². The van der Waals surface area contributed by atoms with Crippen LogP contribution in [0.5, 0.6) is 5.75 Å². The molecule has 0 atom stereocenters. The maximum atomic E-state index is 10.3. The van der Waals surface area contributed by atoms with Gasteiger partial charge in [-0.1, -0.05) is 12.1 Å². The molecular formula is C7H8NNaO4S. The first-order valence-corrected chi connectivity index (χ1v) is 4.80. The zero-order chi connectivity index (χ0) is 9.90. The summed E-state index contributed by atoms with van der Waals surface area (Å²) in [4.78, 5) is 0. The zero-order valence-electron chi connectivity index (χ0n) is 7.85. The average Bonchev–Trinajstić information content (AvgIpc) is 2.02. The van der Waals surface area contributed by atoms with Crippen LogP contribution >= 0.6 is 0 Å². The second-order valence-electron chi connectivity index (χ2n) is 2.26. The fourth-order valence-corrected chi connectivity index (χ4v) is 1.30. The van der Waals surface area contributed by atoms with E-state index in [9.17, 15) is 13.0 Å². The van der Waals surface area contributed by atoms with E-state index in [-0.39, 0.29) is 35.2 Å². The van der Waals surface area contributed by atoms with E-state index in [0.29, 0.717) is 5.75 Å². The van der Waals surface area contributed by atoms with Gasteiger partial charge in [-0.15, -0.1) is 0 Å². The van der Waals surface area contributed by atoms with Crippen LogP contribution in [0.15, 0.2) is 24.3 Å². The largest absolute Gasteiger partial charge is 1.00 e. The molecule has 0 aromatic heterocycles. The van der Waals surface area contributed by atoms with Crippen LogP contribution in [0.4, 0.5) is 5.69 Å². The molecule has 0 unspecified atom stereocenters. The third kappa shape index (κ3) is 4.30. The molecule has 0 radical (unpaired) electrons. The summed E-state index contributed by atoms with van der Waals surface area (Å²) < 4.78 is 37.7. The van der Waals surface area contributed by atoms with Crippen LogP contribution in [0.25, 0.3) is 0 Å². The van der Waals surface area contributed by atoms with Crippen LogP contribution in [0, 0.1) is 0 Å². The molecule has 1 N–H and O–H groups in total. The predicted molar refractivity (Wildman–Crippen MR) is 46.3 cm³/mol. The number of ether oxygens (including phenoxy) is 1. The number of rotatable bonds is 3. The predicted octanol–water partition coefficient (Wildman–Crippen LogP) is -2.43. The Hall–Kier alpha value is -0.270. The van der Waals surface area contributed by atoms with Crippen molar-refractivity contribution in [1.29, 1.82) is 0 Å². The minimum atomic E-state index is -4.49. The summed E-state index contributed by atoms with van der Waals surface area (Å²) in [6.07, 6.45) is 0. The maximum absolute atomic E-state index is 10.3. The summed E-state index contributed by atoms with van der Waals surface area (Å²) >= 11 is 0. The molecule has 5 nitrogen and oxygen atoms in total. The topological polar surface area (TPSA) is 78.5 Å². The van der Waals surface area contributed by atoms with Gasteiger partial charge in [0.25, 0.3) is 0 Å². The van der Waals surface area contributed by atoms with Gasteiger partial charge in [0.05, 0.1) is 12.8 Å². The fourth-order valence-electron chi connectivity index (χ4n) is 0.864. The summed E-state index contributed by atoms with van der Waals surface area (Å²) in [6, 6.07) is 6.25. The Labute approximate surface area is 105 Å². The van der Waals surface area contributed by atoms with Crippen LogP contribution in [-0.4, -0.2) is 20.1 Å². The maximum Gasteiger partial charge on any atom is 1.00 e. The van der Waals surface area contributed by atoms with E-state index in [4.69, 9.17) is 4.74 Å². The van der Waals surface area contributed by atoms with Crippen molar-refractivity contribution in [2.45, 2.75) is 0 Å². The van der Waals surface area contributed by atoms with Gasteiger partial charge in [-0.25, -0.2) is 8.42 Å². The van der Waals surface area contributed by atoms with E-state index in [1.54, 1.807) is 22.9 Å². The molecule has 0 fully saturated rings. The molecule has 0 aliphatic heterocycles. The number of para-hydroxylation sites is 2. The minimum absolute atomic E-state index is 0. The Balaban J connectivity index is 0.00000169. The molecular weight excluding hydrogens is 217 g/mol. The number of hydrogen-bond acceptors (Lipinski definition) is 4. The molecule has 0 aliphatic rings. The molecule has 14 heavy (non-hydrogen) atoms. The fraction of sp³-hybridized carbons (Fsp3) is 0.143. The van der Waals surface area contributed by atoms with Crippen molar-refractivity contribution in [2.24, 2.45) is 0 Å². The van der Waals surface area contributed by atoms with Gasteiger partial charge in [0.15, 0.2) is 10.3 Å². The van der Waals surface area contributed by atoms with Crippen LogP contribution in [0.2, 0.25) is 0 Å². The quantitative estimate of drug-likeness (QED) is 0.458. The van der Waals surface area contributed by atoms with Crippen molar-refractivity contribution in [2.75, 3.05) is 11.8 Å². The standard InChI is InChI=1S/C7H9NO4S.Na/c1-12-7-5-3-2-4-6(7)8-13(9,10)11;/h2-5,8H,1H3,(H,9,10,11);/q;+1/p-1. The molecule has 0 heterocycles. The van der Waals surface area contributed by atoms with Gasteiger partial charge in [0.2, 0.25) is 0 Å². The molecule has 1 aromatic rings. The van der Waals surface area contributed by atoms with Crippen molar-refractivity contribution in [1.82, 2.24) is 0 Å². The molecule has 0 saturated heterocycles. The van der Waals surface area contributed by atoms with Gasteiger partial charge >= 0.3 is 29.6 Å². The third-order valence-electron chi connectivity index (χ3n) is 1.34. The Bertz CT molecular complexity index is 392. The van der Waals surface area contributed by atoms with Crippen molar-refractivity contribution >= 4 is 16.0 Å². The normalized spacial score (nSPS) is 10.1. The number of methoxy groups -OCH3 is 1. The second kappa shape index (κ2) is 5.57. The van der Waals surface area contributed by atoms with E-state index < -0.39 is 10.3 Å². The van der Waals surface area contributed by atoms with E-state index in [2.05, 4.69) is 0 Å². The van der Waals surface area contributed by atoms with Gasteiger partial charge < -0.3 is 9.29 Å². The molecule has 72 valence electrons. The van der Waals surface area contributed by atoms with E-state index in [1.165, 1.54) is 13.2 Å². The first kappa shape index (κ1) is 13.7. The zero-order valence-corrected chi connectivity index (χ0v) is 10.7. The summed E-state index contributed by atoms with van der Waals surface area (Å²) in [6.45, 7) is 0. The van der Waals surface area contributed by atoms with Crippen molar-refractivity contribution in [3.63, 3.8) is 0 Å². The first-order chi connectivity index (χ1) is 6.03. The van der Waals surface area contributed by atoms with Crippen LogP contribution in [0.3, 0.4) is 0 Å². The second-order valence-corrected chi connectivity index (χ2v) is 3.37. The Morgan fingerprint density at radius 1 is 1.36 bits per heavy atom. The molecule has 0 amide bonds. The minimum Gasteiger partial charge on any atom is -0.731 e. The summed E-state index contributed by atoms with van der Waals surface area (Å²) in [7, 11) is -3.10. The molecule has 0 saturated carbocycles. The molecule has 1 rings (SSSR count). The number of hydrogen-bond donors (Lipinski definition) is 1. The first-order valence-electron chi connectivity index (χ1n) is 3.39.